The number of amides is 1. The third-order valence-corrected chi connectivity index (χ3v) is 3.23. The van der Waals surface area contributed by atoms with E-state index in [4.69, 9.17) is 5.26 Å². The Kier molecular flexibility index (Phi) is 4.14. The molecule has 0 atom stereocenters. The first-order chi connectivity index (χ1) is 7.11. The zero-order valence-electron chi connectivity index (χ0n) is 9.75. The number of carbonyl (C=O) groups is 1. The highest BCUT2D eigenvalue weighted by atomic mass is 16.2. The molecule has 84 valence electrons. The number of unbranched alkanes of at least 4 members (excludes halogenated alkanes) is 1. The van der Waals surface area contributed by atoms with E-state index in [0.29, 0.717) is 6.42 Å². The van der Waals surface area contributed by atoms with Gasteiger partial charge in [0.1, 0.15) is 0 Å². The first-order valence-electron chi connectivity index (χ1n) is 5.80. The van der Waals surface area contributed by atoms with Crippen molar-refractivity contribution >= 4 is 5.91 Å². The van der Waals surface area contributed by atoms with Gasteiger partial charge in [0.05, 0.1) is 11.5 Å². The average Bonchev–Trinajstić information content (AvgIpc) is 2.27. The molecular weight excluding hydrogens is 188 g/mol. The Hall–Kier alpha value is -1.04. The highest BCUT2D eigenvalue weighted by Gasteiger charge is 2.31. The van der Waals surface area contributed by atoms with E-state index < -0.39 is 0 Å². The lowest BCUT2D eigenvalue weighted by atomic mass is 9.82. The number of hydrogen-bond acceptors (Lipinski definition) is 2. The Bertz CT molecular complexity index is 259. The molecule has 0 unspecified atom stereocenters. The molecular formula is C12H20N2O. The first-order valence-corrected chi connectivity index (χ1v) is 5.80. The summed E-state index contributed by atoms with van der Waals surface area (Å²) < 4.78 is 0. The molecule has 1 saturated heterocycles. The van der Waals surface area contributed by atoms with Gasteiger partial charge in [-0.15, -0.1) is 0 Å². The summed E-state index contributed by atoms with van der Waals surface area (Å²) in [4.78, 5) is 13.6. The smallest absolute Gasteiger partial charge is 0.222 e. The van der Waals surface area contributed by atoms with Gasteiger partial charge in [-0.05, 0) is 26.2 Å². The molecule has 3 heteroatoms. The minimum Gasteiger partial charge on any atom is -0.343 e. The standard InChI is InChI=1S/C12H20N2O/c1-3-4-5-11(15)14-8-6-12(2,10-13)7-9-14/h3-9H2,1-2H3. The zero-order valence-corrected chi connectivity index (χ0v) is 9.75. The van der Waals surface area contributed by atoms with Gasteiger partial charge in [-0.2, -0.15) is 5.26 Å². The Morgan fingerprint density at radius 1 is 1.47 bits per heavy atom. The molecule has 1 heterocycles. The van der Waals surface area contributed by atoms with Gasteiger partial charge in [0.2, 0.25) is 5.91 Å². The number of nitriles is 1. The summed E-state index contributed by atoms with van der Waals surface area (Å²) in [5, 5.41) is 8.96. The number of carbonyl (C=O) groups excluding carboxylic acids is 1. The fraction of sp³-hybridized carbons (Fsp3) is 0.833. The molecule has 0 saturated carbocycles. The van der Waals surface area contributed by atoms with E-state index in [9.17, 15) is 4.79 Å². The normalized spacial score (nSPS) is 19.7. The number of nitrogens with zero attached hydrogens (tertiary/aromatic N) is 2. The van der Waals surface area contributed by atoms with Gasteiger partial charge in [0.25, 0.3) is 0 Å². The van der Waals surface area contributed by atoms with Crippen LogP contribution in [0.1, 0.15) is 46.0 Å². The molecule has 0 aromatic heterocycles. The zero-order chi connectivity index (χ0) is 11.3. The van der Waals surface area contributed by atoms with Crippen molar-refractivity contribution in [3.8, 4) is 6.07 Å². The van der Waals surface area contributed by atoms with Crippen LogP contribution in [0.25, 0.3) is 0 Å². The van der Waals surface area contributed by atoms with Crippen LogP contribution in [0.15, 0.2) is 0 Å². The van der Waals surface area contributed by atoms with Crippen LogP contribution in [-0.2, 0) is 4.79 Å². The average molecular weight is 208 g/mol. The lowest BCUT2D eigenvalue weighted by Crippen LogP contribution is -2.41. The van der Waals surface area contributed by atoms with Crippen LogP contribution in [0.5, 0.6) is 0 Å². The SMILES string of the molecule is CCCCC(=O)N1CCC(C)(C#N)CC1. The minimum atomic E-state index is -0.207. The van der Waals surface area contributed by atoms with Crippen molar-refractivity contribution in [3.05, 3.63) is 0 Å². The summed E-state index contributed by atoms with van der Waals surface area (Å²) in [6.07, 6.45) is 4.35. The monoisotopic (exact) mass is 208 g/mol. The van der Waals surface area contributed by atoms with Crippen LogP contribution < -0.4 is 0 Å². The largest absolute Gasteiger partial charge is 0.343 e. The Balaban J connectivity index is 2.38. The third-order valence-electron chi connectivity index (χ3n) is 3.23. The number of likely N-dealkylation sites (tertiary alicyclic amines) is 1. The summed E-state index contributed by atoms with van der Waals surface area (Å²) in [6, 6.07) is 2.34. The second-order valence-corrected chi connectivity index (χ2v) is 4.66. The van der Waals surface area contributed by atoms with Crippen molar-refractivity contribution < 1.29 is 4.79 Å². The van der Waals surface area contributed by atoms with E-state index in [1.165, 1.54) is 0 Å². The van der Waals surface area contributed by atoms with Crippen molar-refractivity contribution in [2.45, 2.75) is 46.0 Å². The maximum atomic E-state index is 11.7. The number of rotatable bonds is 3. The second kappa shape index (κ2) is 5.16. The predicted molar refractivity (Wildman–Crippen MR) is 59.1 cm³/mol. The lowest BCUT2D eigenvalue weighted by molar-refractivity contribution is -0.133. The fourth-order valence-corrected chi connectivity index (χ4v) is 1.85. The molecule has 1 fully saturated rings. The van der Waals surface area contributed by atoms with E-state index in [0.717, 1.165) is 38.8 Å². The fourth-order valence-electron chi connectivity index (χ4n) is 1.85. The molecule has 0 spiro atoms. The first kappa shape index (κ1) is 12.0. The number of hydrogen-bond donors (Lipinski definition) is 0. The minimum absolute atomic E-state index is 0.207. The molecule has 0 N–H and O–H groups in total. The molecule has 1 amide bonds. The van der Waals surface area contributed by atoms with Crippen molar-refractivity contribution in [1.82, 2.24) is 4.90 Å². The van der Waals surface area contributed by atoms with Crippen LogP contribution in [-0.4, -0.2) is 23.9 Å². The predicted octanol–water partition coefficient (Wildman–Crippen LogP) is 2.33. The molecule has 0 aliphatic carbocycles. The van der Waals surface area contributed by atoms with E-state index >= 15 is 0 Å². The van der Waals surface area contributed by atoms with Crippen LogP contribution in [0.2, 0.25) is 0 Å². The van der Waals surface area contributed by atoms with Crippen LogP contribution in [0.3, 0.4) is 0 Å². The van der Waals surface area contributed by atoms with Crippen LogP contribution in [0, 0.1) is 16.7 Å². The molecule has 0 aromatic rings. The summed E-state index contributed by atoms with van der Waals surface area (Å²) in [6.45, 7) is 5.59. The molecule has 0 bridgehead atoms. The van der Waals surface area contributed by atoms with Crippen LogP contribution in [0.4, 0.5) is 0 Å². The van der Waals surface area contributed by atoms with Crippen molar-refractivity contribution in [1.29, 1.82) is 5.26 Å². The highest BCUT2D eigenvalue weighted by Crippen LogP contribution is 2.29. The van der Waals surface area contributed by atoms with Gasteiger partial charge in [0, 0.05) is 19.5 Å². The van der Waals surface area contributed by atoms with Gasteiger partial charge in [-0.3, -0.25) is 4.79 Å². The van der Waals surface area contributed by atoms with Gasteiger partial charge < -0.3 is 4.90 Å². The molecule has 1 aliphatic heterocycles. The molecule has 1 rings (SSSR count). The van der Waals surface area contributed by atoms with E-state index in [2.05, 4.69) is 13.0 Å². The van der Waals surface area contributed by atoms with Gasteiger partial charge in [-0.25, -0.2) is 0 Å². The quantitative estimate of drug-likeness (QED) is 0.714. The van der Waals surface area contributed by atoms with E-state index in [-0.39, 0.29) is 11.3 Å². The summed E-state index contributed by atoms with van der Waals surface area (Å²) >= 11 is 0. The van der Waals surface area contributed by atoms with Crippen LogP contribution >= 0.6 is 0 Å². The van der Waals surface area contributed by atoms with Crippen molar-refractivity contribution in [2.75, 3.05) is 13.1 Å². The Morgan fingerprint density at radius 3 is 2.53 bits per heavy atom. The van der Waals surface area contributed by atoms with E-state index in [1.54, 1.807) is 0 Å². The third kappa shape index (κ3) is 3.23. The van der Waals surface area contributed by atoms with E-state index in [1.807, 2.05) is 11.8 Å². The van der Waals surface area contributed by atoms with Crippen molar-refractivity contribution in [3.63, 3.8) is 0 Å². The van der Waals surface area contributed by atoms with Crippen molar-refractivity contribution in [2.24, 2.45) is 5.41 Å². The summed E-state index contributed by atoms with van der Waals surface area (Å²) in [5.74, 6) is 0.261. The topological polar surface area (TPSA) is 44.1 Å². The molecule has 1 aliphatic rings. The Labute approximate surface area is 92.1 Å². The Morgan fingerprint density at radius 2 is 2.07 bits per heavy atom. The van der Waals surface area contributed by atoms with Gasteiger partial charge >= 0.3 is 0 Å². The second-order valence-electron chi connectivity index (χ2n) is 4.66. The molecule has 0 aromatic carbocycles. The molecule has 0 radical (unpaired) electrons. The summed E-state index contributed by atoms with van der Waals surface area (Å²) in [7, 11) is 0. The number of piperidine rings is 1. The maximum Gasteiger partial charge on any atom is 0.222 e. The maximum absolute atomic E-state index is 11.7. The van der Waals surface area contributed by atoms with Gasteiger partial charge in [0.15, 0.2) is 0 Å². The summed E-state index contributed by atoms with van der Waals surface area (Å²) in [5.41, 5.74) is -0.207. The lowest BCUT2D eigenvalue weighted by Gasteiger charge is -2.35. The molecule has 15 heavy (non-hydrogen) atoms. The van der Waals surface area contributed by atoms with Gasteiger partial charge in [-0.1, -0.05) is 13.3 Å². The highest BCUT2D eigenvalue weighted by molar-refractivity contribution is 5.76. The molecule has 3 nitrogen and oxygen atoms in total.